The number of methoxy groups -OCH3 is 1. The van der Waals surface area contributed by atoms with Gasteiger partial charge >= 0.3 is 0 Å². The molecular formula is C12H16N4O2. The maximum atomic E-state index is 10.4. The van der Waals surface area contributed by atoms with Crippen LogP contribution in [0.15, 0.2) is 24.7 Å². The van der Waals surface area contributed by atoms with Gasteiger partial charge in [-0.1, -0.05) is 0 Å². The van der Waals surface area contributed by atoms with E-state index in [1.807, 2.05) is 13.8 Å². The van der Waals surface area contributed by atoms with E-state index in [1.54, 1.807) is 36.4 Å². The van der Waals surface area contributed by atoms with Crippen molar-refractivity contribution in [1.29, 1.82) is 0 Å². The SMILES string of the molecule is COc1cnn(C(C)C)c1C(O)c1ncccn1. The Bertz CT molecular complexity index is 510. The van der Waals surface area contributed by atoms with E-state index < -0.39 is 6.10 Å². The Balaban J connectivity index is 2.46. The predicted octanol–water partition coefficient (Wildman–Crippen LogP) is 1.34. The Morgan fingerprint density at radius 2 is 1.94 bits per heavy atom. The molecule has 0 fully saturated rings. The monoisotopic (exact) mass is 248 g/mol. The molecule has 2 aromatic rings. The van der Waals surface area contributed by atoms with E-state index in [1.165, 1.54) is 0 Å². The maximum absolute atomic E-state index is 10.4. The van der Waals surface area contributed by atoms with Crippen molar-refractivity contribution in [3.63, 3.8) is 0 Å². The number of rotatable bonds is 4. The Kier molecular flexibility index (Phi) is 3.57. The molecule has 2 aromatic heterocycles. The second kappa shape index (κ2) is 5.14. The van der Waals surface area contributed by atoms with E-state index in [0.717, 1.165) is 0 Å². The van der Waals surface area contributed by atoms with Crippen molar-refractivity contribution >= 4 is 0 Å². The van der Waals surface area contributed by atoms with Crippen molar-refractivity contribution in [1.82, 2.24) is 19.7 Å². The van der Waals surface area contributed by atoms with Crippen LogP contribution in [0.3, 0.4) is 0 Å². The average Bonchev–Trinajstić information content (AvgIpc) is 2.82. The minimum Gasteiger partial charge on any atom is -0.493 e. The van der Waals surface area contributed by atoms with Crippen molar-refractivity contribution in [2.24, 2.45) is 0 Å². The molecule has 0 aliphatic heterocycles. The molecule has 6 nitrogen and oxygen atoms in total. The first kappa shape index (κ1) is 12.5. The zero-order valence-corrected chi connectivity index (χ0v) is 10.6. The van der Waals surface area contributed by atoms with Gasteiger partial charge in [-0.3, -0.25) is 4.68 Å². The summed E-state index contributed by atoms with van der Waals surface area (Å²) >= 11 is 0. The van der Waals surface area contributed by atoms with Crippen LogP contribution in [0.2, 0.25) is 0 Å². The fourth-order valence-electron chi connectivity index (χ4n) is 1.76. The zero-order valence-electron chi connectivity index (χ0n) is 10.6. The van der Waals surface area contributed by atoms with Gasteiger partial charge in [0.2, 0.25) is 0 Å². The highest BCUT2D eigenvalue weighted by Gasteiger charge is 2.24. The molecule has 1 unspecified atom stereocenters. The minimum absolute atomic E-state index is 0.113. The van der Waals surface area contributed by atoms with Gasteiger partial charge < -0.3 is 9.84 Å². The number of hydrogen-bond donors (Lipinski definition) is 1. The Morgan fingerprint density at radius 3 is 2.50 bits per heavy atom. The molecule has 0 aliphatic carbocycles. The van der Waals surface area contributed by atoms with Gasteiger partial charge in [0.1, 0.15) is 5.69 Å². The molecule has 1 N–H and O–H groups in total. The number of hydrogen-bond acceptors (Lipinski definition) is 5. The summed E-state index contributed by atoms with van der Waals surface area (Å²) in [5.74, 6) is 0.863. The number of ether oxygens (including phenoxy) is 1. The van der Waals surface area contributed by atoms with Gasteiger partial charge in [-0.15, -0.1) is 0 Å². The van der Waals surface area contributed by atoms with Crippen LogP contribution < -0.4 is 4.74 Å². The van der Waals surface area contributed by atoms with E-state index in [2.05, 4.69) is 15.1 Å². The molecule has 0 amide bonds. The number of aliphatic hydroxyl groups excluding tert-OH is 1. The molecule has 18 heavy (non-hydrogen) atoms. The molecule has 0 radical (unpaired) electrons. The summed E-state index contributed by atoms with van der Waals surface area (Å²) in [6, 6.07) is 1.81. The molecule has 1 atom stereocenters. The fraction of sp³-hybridized carbons (Fsp3) is 0.417. The van der Waals surface area contributed by atoms with E-state index in [-0.39, 0.29) is 6.04 Å². The Labute approximate surface area is 105 Å². The highest BCUT2D eigenvalue weighted by Crippen LogP contribution is 2.29. The third-order valence-corrected chi connectivity index (χ3v) is 2.60. The van der Waals surface area contributed by atoms with Crippen molar-refractivity contribution in [3.8, 4) is 5.75 Å². The lowest BCUT2D eigenvalue weighted by molar-refractivity contribution is 0.190. The number of aliphatic hydroxyl groups is 1. The molecule has 0 saturated heterocycles. The topological polar surface area (TPSA) is 73.1 Å². The van der Waals surface area contributed by atoms with Gasteiger partial charge in [0, 0.05) is 18.4 Å². The first-order valence-electron chi connectivity index (χ1n) is 5.71. The molecule has 0 bridgehead atoms. The molecule has 0 aliphatic rings. The van der Waals surface area contributed by atoms with Crippen LogP contribution >= 0.6 is 0 Å². The minimum atomic E-state index is -0.953. The van der Waals surface area contributed by atoms with Crippen LogP contribution in [0.5, 0.6) is 5.75 Å². The molecule has 2 heterocycles. The second-order valence-corrected chi connectivity index (χ2v) is 4.15. The third-order valence-electron chi connectivity index (χ3n) is 2.60. The summed E-state index contributed by atoms with van der Waals surface area (Å²) in [6.45, 7) is 3.96. The van der Waals surface area contributed by atoms with Gasteiger partial charge in [-0.2, -0.15) is 5.10 Å². The van der Waals surface area contributed by atoms with Gasteiger partial charge in [0.15, 0.2) is 17.7 Å². The fourth-order valence-corrected chi connectivity index (χ4v) is 1.76. The van der Waals surface area contributed by atoms with Crippen LogP contribution in [0, 0.1) is 0 Å². The largest absolute Gasteiger partial charge is 0.493 e. The summed E-state index contributed by atoms with van der Waals surface area (Å²) in [5, 5.41) is 14.6. The normalized spacial score (nSPS) is 12.7. The van der Waals surface area contributed by atoms with Gasteiger partial charge in [0.25, 0.3) is 0 Å². The summed E-state index contributed by atoms with van der Waals surface area (Å²) < 4.78 is 6.93. The van der Waals surface area contributed by atoms with E-state index in [9.17, 15) is 5.11 Å². The molecule has 2 rings (SSSR count). The van der Waals surface area contributed by atoms with Crippen molar-refractivity contribution < 1.29 is 9.84 Å². The van der Waals surface area contributed by atoms with E-state index in [4.69, 9.17) is 4.74 Å². The van der Waals surface area contributed by atoms with Crippen LogP contribution in [0.25, 0.3) is 0 Å². The third kappa shape index (κ3) is 2.19. The summed E-state index contributed by atoms with van der Waals surface area (Å²) in [4.78, 5) is 8.11. The van der Waals surface area contributed by atoms with Gasteiger partial charge in [0.05, 0.1) is 13.3 Å². The van der Waals surface area contributed by atoms with Crippen LogP contribution in [0.1, 0.15) is 37.5 Å². The van der Waals surface area contributed by atoms with E-state index in [0.29, 0.717) is 17.3 Å². The average molecular weight is 248 g/mol. The molecule has 0 aromatic carbocycles. The summed E-state index contributed by atoms with van der Waals surface area (Å²) in [6.07, 6.45) is 3.81. The summed E-state index contributed by atoms with van der Waals surface area (Å²) in [5.41, 5.74) is 0.568. The van der Waals surface area contributed by atoms with Crippen molar-refractivity contribution in [2.45, 2.75) is 26.0 Å². The Hall–Kier alpha value is -1.95. The smallest absolute Gasteiger partial charge is 0.163 e. The molecular weight excluding hydrogens is 232 g/mol. The standard InChI is InChI=1S/C12H16N4O2/c1-8(2)16-10(9(18-3)7-15-16)11(17)12-13-5-4-6-14-12/h4-8,11,17H,1-3H3. The first-order chi connectivity index (χ1) is 8.65. The summed E-state index contributed by atoms with van der Waals surface area (Å²) in [7, 11) is 1.55. The van der Waals surface area contributed by atoms with Crippen LogP contribution in [-0.2, 0) is 0 Å². The number of nitrogens with zero attached hydrogens (tertiary/aromatic N) is 4. The Morgan fingerprint density at radius 1 is 1.28 bits per heavy atom. The predicted molar refractivity (Wildman–Crippen MR) is 65.3 cm³/mol. The lowest BCUT2D eigenvalue weighted by Crippen LogP contribution is -2.14. The van der Waals surface area contributed by atoms with Crippen LogP contribution in [-0.4, -0.2) is 32.0 Å². The highest BCUT2D eigenvalue weighted by atomic mass is 16.5. The lowest BCUT2D eigenvalue weighted by Gasteiger charge is -2.16. The van der Waals surface area contributed by atoms with Gasteiger partial charge in [-0.05, 0) is 19.9 Å². The molecule has 96 valence electrons. The van der Waals surface area contributed by atoms with Gasteiger partial charge in [-0.25, -0.2) is 9.97 Å². The van der Waals surface area contributed by atoms with E-state index >= 15 is 0 Å². The van der Waals surface area contributed by atoms with Crippen molar-refractivity contribution in [2.75, 3.05) is 7.11 Å². The molecule has 6 heteroatoms. The lowest BCUT2D eigenvalue weighted by atomic mass is 10.2. The number of aromatic nitrogens is 4. The maximum Gasteiger partial charge on any atom is 0.163 e. The van der Waals surface area contributed by atoms with Crippen LogP contribution in [0.4, 0.5) is 0 Å². The first-order valence-corrected chi connectivity index (χ1v) is 5.71. The molecule has 0 spiro atoms. The quantitative estimate of drug-likeness (QED) is 0.884. The second-order valence-electron chi connectivity index (χ2n) is 4.15. The highest BCUT2D eigenvalue weighted by molar-refractivity contribution is 5.30. The zero-order chi connectivity index (χ0) is 13.1. The molecule has 0 saturated carbocycles. The van der Waals surface area contributed by atoms with Crippen molar-refractivity contribution in [3.05, 3.63) is 36.2 Å².